The van der Waals surface area contributed by atoms with Gasteiger partial charge in [-0.1, -0.05) is 5.57 Å². The molecule has 17 heavy (non-hydrogen) atoms. The molecule has 0 aromatic heterocycles. The van der Waals surface area contributed by atoms with Gasteiger partial charge < -0.3 is 14.2 Å². The highest BCUT2D eigenvalue weighted by molar-refractivity contribution is 5.24. The quantitative estimate of drug-likeness (QED) is 0.761. The summed E-state index contributed by atoms with van der Waals surface area (Å²) in [6.07, 6.45) is 2.82. The summed E-state index contributed by atoms with van der Waals surface area (Å²) >= 11 is 0. The van der Waals surface area contributed by atoms with Gasteiger partial charge in [0.25, 0.3) is 0 Å². The van der Waals surface area contributed by atoms with Crippen molar-refractivity contribution in [1.82, 2.24) is 0 Å². The molecule has 2 rings (SSSR count). The Morgan fingerprint density at radius 2 is 2.29 bits per heavy atom. The number of halogens is 1. The van der Waals surface area contributed by atoms with Crippen molar-refractivity contribution >= 4 is 0 Å². The van der Waals surface area contributed by atoms with Gasteiger partial charge in [-0.2, -0.15) is 0 Å². The molecular formula is C13H19FO3. The summed E-state index contributed by atoms with van der Waals surface area (Å²) in [4.78, 5) is 0. The number of ether oxygens (including phenoxy) is 3. The van der Waals surface area contributed by atoms with E-state index in [1.165, 1.54) is 6.08 Å². The van der Waals surface area contributed by atoms with Crippen LogP contribution in [0.2, 0.25) is 0 Å². The van der Waals surface area contributed by atoms with Crippen molar-refractivity contribution in [3.63, 3.8) is 0 Å². The van der Waals surface area contributed by atoms with Gasteiger partial charge in [0.1, 0.15) is 24.6 Å². The number of hydrogen-bond acceptors (Lipinski definition) is 3. The average molecular weight is 242 g/mol. The standard InChI is InChI=1S/C13H19FO3/c1-9-4-10(14)6-11(5-9)15-7-12-8-16-13(2,3)17-12/h5-6,10,12H,4,7-8H2,1-3H3. The van der Waals surface area contributed by atoms with E-state index in [9.17, 15) is 4.39 Å². The monoisotopic (exact) mass is 242 g/mol. The minimum Gasteiger partial charge on any atom is -0.491 e. The van der Waals surface area contributed by atoms with Crippen LogP contribution in [-0.4, -0.2) is 31.3 Å². The minimum absolute atomic E-state index is 0.0837. The van der Waals surface area contributed by atoms with Crippen molar-refractivity contribution in [2.75, 3.05) is 13.2 Å². The van der Waals surface area contributed by atoms with Crippen LogP contribution >= 0.6 is 0 Å². The lowest BCUT2D eigenvalue weighted by Gasteiger charge is -2.19. The summed E-state index contributed by atoms with van der Waals surface area (Å²) < 4.78 is 29.8. The van der Waals surface area contributed by atoms with Crippen LogP contribution in [0.15, 0.2) is 23.5 Å². The van der Waals surface area contributed by atoms with Crippen molar-refractivity contribution in [2.45, 2.75) is 45.3 Å². The molecule has 1 heterocycles. The molecule has 0 radical (unpaired) electrons. The van der Waals surface area contributed by atoms with Gasteiger partial charge in [0.15, 0.2) is 5.79 Å². The Balaban J connectivity index is 1.83. The van der Waals surface area contributed by atoms with E-state index in [0.29, 0.717) is 25.4 Å². The van der Waals surface area contributed by atoms with Crippen molar-refractivity contribution in [1.29, 1.82) is 0 Å². The molecule has 3 nitrogen and oxygen atoms in total. The normalized spacial score (nSPS) is 32.0. The van der Waals surface area contributed by atoms with E-state index in [1.807, 2.05) is 26.8 Å². The summed E-state index contributed by atoms with van der Waals surface area (Å²) in [6, 6.07) is 0. The first-order valence-electron chi connectivity index (χ1n) is 5.92. The third kappa shape index (κ3) is 3.54. The fourth-order valence-corrected chi connectivity index (χ4v) is 2.02. The molecule has 0 aromatic rings. The van der Waals surface area contributed by atoms with Crippen LogP contribution in [0.4, 0.5) is 4.39 Å². The average Bonchev–Trinajstić information content (AvgIpc) is 2.54. The maximum absolute atomic E-state index is 13.3. The van der Waals surface area contributed by atoms with Crippen LogP contribution in [0.1, 0.15) is 27.2 Å². The molecule has 1 saturated heterocycles. The highest BCUT2D eigenvalue weighted by Gasteiger charge is 2.33. The van der Waals surface area contributed by atoms with Crippen LogP contribution < -0.4 is 0 Å². The first-order valence-corrected chi connectivity index (χ1v) is 5.92. The lowest BCUT2D eigenvalue weighted by atomic mass is 10.0. The van der Waals surface area contributed by atoms with E-state index < -0.39 is 12.0 Å². The summed E-state index contributed by atoms with van der Waals surface area (Å²) in [5.41, 5.74) is 0.999. The molecule has 0 bridgehead atoms. The van der Waals surface area contributed by atoms with Gasteiger partial charge in [-0.3, -0.25) is 0 Å². The Labute approximate surface area is 101 Å². The molecule has 96 valence electrons. The SMILES string of the molecule is CC1=CC(OCC2COC(C)(C)O2)=CC(F)C1. The maximum atomic E-state index is 13.3. The van der Waals surface area contributed by atoms with E-state index in [4.69, 9.17) is 14.2 Å². The molecule has 0 saturated carbocycles. The second kappa shape index (κ2) is 4.78. The number of rotatable bonds is 3. The van der Waals surface area contributed by atoms with Gasteiger partial charge in [-0.05, 0) is 32.9 Å². The van der Waals surface area contributed by atoms with E-state index in [0.717, 1.165) is 5.57 Å². The summed E-state index contributed by atoms with van der Waals surface area (Å²) in [5, 5.41) is 0. The lowest BCUT2D eigenvalue weighted by molar-refractivity contribution is -0.143. The molecule has 1 aliphatic heterocycles. The predicted octanol–water partition coefficient (Wildman–Crippen LogP) is 2.73. The smallest absolute Gasteiger partial charge is 0.163 e. The molecule has 0 spiro atoms. The van der Waals surface area contributed by atoms with Crippen LogP contribution in [0.3, 0.4) is 0 Å². The molecule has 1 aliphatic carbocycles. The van der Waals surface area contributed by atoms with Crippen molar-refractivity contribution < 1.29 is 18.6 Å². The number of allylic oxidation sites excluding steroid dienone is 3. The predicted molar refractivity (Wildman–Crippen MR) is 62.2 cm³/mol. The maximum Gasteiger partial charge on any atom is 0.163 e. The van der Waals surface area contributed by atoms with Crippen LogP contribution in [0.25, 0.3) is 0 Å². The molecule has 0 N–H and O–H groups in total. The molecule has 2 atom stereocenters. The summed E-state index contributed by atoms with van der Waals surface area (Å²) in [7, 11) is 0. The number of alkyl halides is 1. The molecule has 0 aromatic carbocycles. The summed E-state index contributed by atoms with van der Waals surface area (Å²) in [5.74, 6) is 0.0538. The Hall–Kier alpha value is -0.870. The second-order valence-corrected chi connectivity index (χ2v) is 5.04. The number of hydrogen-bond donors (Lipinski definition) is 0. The molecule has 1 fully saturated rings. The molecule has 2 aliphatic rings. The highest BCUT2D eigenvalue weighted by Crippen LogP contribution is 2.24. The summed E-state index contributed by atoms with van der Waals surface area (Å²) in [6.45, 7) is 6.55. The van der Waals surface area contributed by atoms with Crippen LogP contribution in [-0.2, 0) is 14.2 Å². The topological polar surface area (TPSA) is 27.7 Å². The van der Waals surface area contributed by atoms with Crippen LogP contribution in [0, 0.1) is 0 Å². The van der Waals surface area contributed by atoms with Gasteiger partial charge >= 0.3 is 0 Å². The van der Waals surface area contributed by atoms with Crippen molar-refractivity contribution in [3.8, 4) is 0 Å². The van der Waals surface area contributed by atoms with E-state index in [2.05, 4.69) is 0 Å². The van der Waals surface area contributed by atoms with Crippen molar-refractivity contribution in [3.05, 3.63) is 23.5 Å². The Bertz CT molecular complexity index is 347. The third-order valence-electron chi connectivity index (χ3n) is 2.75. The first-order chi connectivity index (χ1) is 7.94. The van der Waals surface area contributed by atoms with Gasteiger partial charge in [0.2, 0.25) is 0 Å². The lowest BCUT2D eigenvalue weighted by Crippen LogP contribution is -2.24. The van der Waals surface area contributed by atoms with Gasteiger partial charge in [-0.15, -0.1) is 0 Å². The molecule has 2 unspecified atom stereocenters. The molecule has 4 heteroatoms. The largest absolute Gasteiger partial charge is 0.491 e. The molecule has 0 amide bonds. The van der Waals surface area contributed by atoms with Gasteiger partial charge in [0.05, 0.1) is 6.61 Å². The third-order valence-corrected chi connectivity index (χ3v) is 2.75. The van der Waals surface area contributed by atoms with E-state index >= 15 is 0 Å². The highest BCUT2D eigenvalue weighted by atomic mass is 19.1. The second-order valence-electron chi connectivity index (χ2n) is 5.04. The van der Waals surface area contributed by atoms with E-state index in [1.54, 1.807) is 0 Å². The zero-order chi connectivity index (χ0) is 12.5. The van der Waals surface area contributed by atoms with Gasteiger partial charge in [0, 0.05) is 6.42 Å². The zero-order valence-electron chi connectivity index (χ0n) is 10.5. The fraction of sp³-hybridized carbons (Fsp3) is 0.692. The molecular weight excluding hydrogens is 223 g/mol. The fourth-order valence-electron chi connectivity index (χ4n) is 2.02. The Morgan fingerprint density at radius 1 is 1.53 bits per heavy atom. The minimum atomic E-state index is -0.938. The zero-order valence-corrected chi connectivity index (χ0v) is 10.5. The van der Waals surface area contributed by atoms with E-state index in [-0.39, 0.29) is 6.10 Å². The first kappa shape index (κ1) is 12.6. The van der Waals surface area contributed by atoms with Crippen LogP contribution in [0.5, 0.6) is 0 Å². The Morgan fingerprint density at radius 3 is 2.88 bits per heavy atom. The van der Waals surface area contributed by atoms with Crippen molar-refractivity contribution in [2.24, 2.45) is 0 Å². The Kier molecular flexibility index (Phi) is 3.54. The van der Waals surface area contributed by atoms with Gasteiger partial charge in [-0.25, -0.2) is 4.39 Å².